The van der Waals surface area contributed by atoms with Gasteiger partial charge in [-0.25, -0.2) is 13.2 Å². The van der Waals surface area contributed by atoms with E-state index in [0.717, 1.165) is 17.0 Å². The molecule has 1 saturated heterocycles. The lowest BCUT2D eigenvalue weighted by Gasteiger charge is -2.33. The molecule has 123 valence electrons. The van der Waals surface area contributed by atoms with E-state index in [1.54, 1.807) is 6.42 Å². The molecular formula is C16H16F3N2O2. The summed E-state index contributed by atoms with van der Waals surface area (Å²) in [5.74, 6) is -3.02. The van der Waals surface area contributed by atoms with Crippen molar-refractivity contribution in [2.45, 2.75) is 37.9 Å². The number of halogens is 3. The number of carbonyl (C=O) groups excluding carboxylic acids is 2. The van der Waals surface area contributed by atoms with Crippen molar-refractivity contribution in [2.24, 2.45) is 11.1 Å². The van der Waals surface area contributed by atoms with Crippen molar-refractivity contribution >= 4 is 17.5 Å². The number of carbonyl (C=O) groups is 2. The Kier molecular flexibility index (Phi) is 3.82. The van der Waals surface area contributed by atoms with Crippen molar-refractivity contribution in [2.75, 3.05) is 4.90 Å². The predicted molar refractivity (Wildman–Crippen MR) is 76.9 cm³/mol. The molecule has 1 aliphatic carbocycles. The van der Waals surface area contributed by atoms with Crippen molar-refractivity contribution in [3.05, 3.63) is 36.3 Å². The molecule has 1 aromatic rings. The van der Waals surface area contributed by atoms with Crippen molar-refractivity contribution < 1.29 is 22.8 Å². The van der Waals surface area contributed by atoms with Crippen LogP contribution < -0.4 is 10.6 Å². The van der Waals surface area contributed by atoms with E-state index in [1.165, 1.54) is 0 Å². The third kappa shape index (κ3) is 2.68. The van der Waals surface area contributed by atoms with Gasteiger partial charge in [0.25, 0.3) is 0 Å². The molecule has 0 bridgehead atoms. The van der Waals surface area contributed by atoms with Gasteiger partial charge in [-0.05, 0) is 44.2 Å². The van der Waals surface area contributed by atoms with Gasteiger partial charge in [0.05, 0.1) is 11.1 Å². The highest BCUT2D eigenvalue weighted by molar-refractivity contribution is 6.06. The molecule has 1 aliphatic heterocycles. The molecule has 3 rings (SSSR count). The molecule has 1 radical (unpaired) electrons. The standard InChI is InChI=1S/C16H16F3N2O2/c17-9-2-1-3-16(7-9)8-13(14(20)22)21(15(16)23)12-5-10(18)4-11(19)6-12/h1,4-6,9,13H,2-3,7-8H2,(H2,20,22). The number of amides is 2. The lowest BCUT2D eigenvalue weighted by Crippen LogP contribution is -2.43. The van der Waals surface area contributed by atoms with Gasteiger partial charge in [-0.1, -0.05) is 0 Å². The number of anilines is 1. The molecule has 2 fully saturated rings. The van der Waals surface area contributed by atoms with E-state index in [1.807, 2.05) is 0 Å². The first-order chi connectivity index (χ1) is 10.8. The zero-order valence-electron chi connectivity index (χ0n) is 12.3. The molecule has 3 atom stereocenters. The summed E-state index contributed by atoms with van der Waals surface area (Å²) >= 11 is 0. The van der Waals surface area contributed by atoms with Crippen molar-refractivity contribution in [1.82, 2.24) is 0 Å². The van der Waals surface area contributed by atoms with Crippen molar-refractivity contribution in [1.29, 1.82) is 0 Å². The highest BCUT2D eigenvalue weighted by Gasteiger charge is 2.55. The van der Waals surface area contributed by atoms with E-state index in [9.17, 15) is 22.8 Å². The Morgan fingerprint density at radius 3 is 2.43 bits per heavy atom. The lowest BCUT2D eigenvalue weighted by atomic mass is 9.71. The fourth-order valence-corrected chi connectivity index (χ4v) is 3.62. The molecule has 0 aromatic heterocycles. The number of hydrogen-bond acceptors (Lipinski definition) is 2. The first kappa shape index (κ1) is 15.8. The molecule has 1 saturated carbocycles. The minimum Gasteiger partial charge on any atom is -0.368 e. The SMILES string of the molecule is NC(=O)C1CC2(C[CH]CC(F)C2)C(=O)N1c1cc(F)cc(F)c1. The summed E-state index contributed by atoms with van der Waals surface area (Å²) in [5, 5.41) is 0. The zero-order valence-corrected chi connectivity index (χ0v) is 12.3. The quantitative estimate of drug-likeness (QED) is 0.906. The second kappa shape index (κ2) is 5.54. The second-order valence-electron chi connectivity index (χ2n) is 6.24. The molecule has 1 aromatic carbocycles. The van der Waals surface area contributed by atoms with Gasteiger partial charge in [0, 0.05) is 6.07 Å². The fraction of sp³-hybridized carbons (Fsp3) is 0.438. The number of hydrogen-bond donors (Lipinski definition) is 1. The number of rotatable bonds is 2. The maximum atomic E-state index is 13.8. The molecule has 3 unspecified atom stereocenters. The maximum Gasteiger partial charge on any atom is 0.240 e. The molecule has 2 aliphatic rings. The summed E-state index contributed by atoms with van der Waals surface area (Å²) in [6.45, 7) is 0. The molecule has 23 heavy (non-hydrogen) atoms. The minimum atomic E-state index is -1.18. The van der Waals surface area contributed by atoms with Crippen molar-refractivity contribution in [3.63, 3.8) is 0 Å². The predicted octanol–water partition coefficient (Wildman–Crippen LogP) is 2.27. The first-order valence-corrected chi connectivity index (χ1v) is 7.37. The summed E-state index contributed by atoms with van der Waals surface area (Å²) in [5.41, 5.74) is 4.22. The molecule has 2 amide bonds. The van der Waals surface area contributed by atoms with Crippen LogP contribution in [0.3, 0.4) is 0 Å². The first-order valence-electron chi connectivity index (χ1n) is 7.37. The van der Waals surface area contributed by atoms with Crippen LogP contribution in [0.1, 0.15) is 25.7 Å². The number of nitrogens with zero attached hydrogens (tertiary/aromatic N) is 1. The number of alkyl halides is 1. The molecule has 7 heteroatoms. The van der Waals surface area contributed by atoms with Crippen LogP contribution >= 0.6 is 0 Å². The van der Waals surface area contributed by atoms with Gasteiger partial charge in [0.1, 0.15) is 23.8 Å². The van der Waals surface area contributed by atoms with Crippen LogP contribution in [0.4, 0.5) is 18.9 Å². The van der Waals surface area contributed by atoms with E-state index < -0.39 is 41.1 Å². The molecular weight excluding hydrogens is 309 g/mol. The van der Waals surface area contributed by atoms with Crippen molar-refractivity contribution in [3.8, 4) is 0 Å². The summed E-state index contributed by atoms with van der Waals surface area (Å²) < 4.78 is 40.7. The van der Waals surface area contributed by atoms with E-state index in [-0.39, 0.29) is 24.9 Å². The Bertz CT molecular complexity index is 646. The number of primary amides is 1. The van der Waals surface area contributed by atoms with E-state index in [4.69, 9.17) is 5.73 Å². The zero-order chi connectivity index (χ0) is 16.8. The summed E-state index contributed by atoms with van der Waals surface area (Å²) in [4.78, 5) is 25.6. The smallest absolute Gasteiger partial charge is 0.240 e. The van der Waals surface area contributed by atoms with Crippen LogP contribution in [0.15, 0.2) is 18.2 Å². The van der Waals surface area contributed by atoms with Crippen LogP contribution in [0, 0.1) is 23.5 Å². The maximum absolute atomic E-state index is 13.8. The fourth-order valence-electron chi connectivity index (χ4n) is 3.62. The lowest BCUT2D eigenvalue weighted by molar-refractivity contribution is -0.127. The van der Waals surface area contributed by atoms with E-state index in [0.29, 0.717) is 12.5 Å². The van der Waals surface area contributed by atoms with Gasteiger partial charge in [-0.2, -0.15) is 0 Å². The van der Waals surface area contributed by atoms with Gasteiger partial charge in [0.15, 0.2) is 0 Å². The van der Waals surface area contributed by atoms with Gasteiger partial charge in [0.2, 0.25) is 11.8 Å². The molecule has 1 heterocycles. The van der Waals surface area contributed by atoms with Crippen LogP contribution in [-0.2, 0) is 9.59 Å². The topological polar surface area (TPSA) is 63.4 Å². The summed E-state index contributed by atoms with van der Waals surface area (Å²) in [7, 11) is 0. The Balaban J connectivity index is 2.03. The Hall–Kier alpha value is -2.05. The number of benzene rings is 1. The van der Waals surface area contributed by atoms with Gasteiger partial charge in [-0.15, -0.1) is 0 Å². The van der Waals surface area contributed by atoms with Crippen LogP contribution in [0.2, 0.25) is 0 Å². The second-order valence-corrected chi connectivity index (χ2v) is 6.24. The van der Waals surface area contributed by atoms with Crippen LogP contribution in [0.25, 0.3) is 0 Å². The summed E-state index contributed by atoms with van der Waals surface area (Å²) in [6, 6.07) is 1.57. The minimum absolute atomic E-state index is 0.0135. The van der Waals surface area contributed by atoms with E-state index in [2.05, 4.69) is 0 Å². The number of nitrogens with two attached hydrogens (primary N) is 1. The monoisotopic (exact) mass is 325 g/mol. The average molecular weight is 325 g/mol. The normalized spacial score (nSPS) is 30.9. The third-order valence-electron chi connectivity index (χ3n) is 4.59. The highest BCUT2D eigenvalue weighted by Crippen LogP contribution is 2.49. The Labute approximate surface area is 131 Å². The Morgan fingerprint density at radius 1 is 1.22 bits per heavy atom. The largest absolute Gasteiger partial charge is 0.368 e. The highest BCUT2D eigenvalue weighted by atomic mass is 19.1. The molecule has 2 N–H and O–H groups in total. The van der Waals surface area contributed by atoms with E-state index >= 15 is 0 Å². The van der Waals surface area contributed by atoms with Crippen LogP contribution in [-0.4, -0.2) is 24.0 Å². The van der Waals surface area contributed by atoms with Gasteiger partial charge >= 0.3 is 0 Å². The summed E-state index contributed by atoms with van der Waals surface area (Å²) in [6.07, 6.45) is 1.12. The van der Waals surface area contributed by atoms with Crippen LogP contribution in [0.5, 0.6) is 0 Å². The molecule has 1 spiro atoms. The third-order valence-corrected chi connectivity index (χ3v) is 4.59. The van der Waals surface area contributed by atoms with Gasteiger partial charge < -0.3 is 5.73 Å². The van der Waals surface area contributed by atoms with Gasteiger partial charge in [-0.3, -0.25) is 14.5 Å². The Morgan fingerprint density at radius 2 is 1.87 bits per heavy atom. The molecule has 4 nitrogen and oxygen atoms in total. The average Bonchev–Trinajstić information content (AvgIpc) is 2.71.